The minimum Gasteiger partial charge on any atom is -0.364 e. The van der Waals surface area contributed by atoms with Crippen LogP contribution in [0.1, 0.15) is 24.8 Å². The number of anilines is 2. The second kappa shape index (κ2) is 5.45. The first-order valence-electron chi connectivity index (χ1n) is 6.86. The van der Waals surface area contributed by atoms with Gasteiger partial charge in [-0.3, -0.25) is 0 Å². The quantitative estimate of drug-likeness (QED) is 0.878. The fourth-order valence-corrected chi connectivity index (χ4v) is 2.31. The average Bonchev–Trinajstić information content (AvgIpc) is 3.23. The number of hydrogen-bond donors (Lipinski definition) is 2. The van der Waals surface area contributed by atoms with Crippen LogP contribution in [0.15, 0.2) is 36.5 Å². The van der Waals surface area contributed by atoms with Gasteiger partial charge in [-0.15, -0.1) is 0 Å². The van der Waals surface area contributed by atoms with Crippen molar-refractivity contribution in [1.82, 2.24) is 9.97 Å². The number of hydrogen-bond acceptors (Lipinski definition) is 4. The van der Waals surface area contributed by atoms with Crippen LogP contribution in [-0.4, -0.2) is 22.6 Å². The molecule has 1 aliphatic rings. The van der Waals surface area contributed by atoms with Crippen molar-refractivity contribution in [3.8, 4) is 0 Å². The van der Waals surface area contributed by atoms with Crippen LogP contribution in [0.5, 0.6) is 0 Å². The maximum atomic E-state index is 13.7. The average molecular weight is 272 g/mol. The highest BCUT2D eigenvalue weighted by molar-refractivity contribution is 5.45. The van der Waals surface area contributed by atoms with Gasteiger partial charge in [0.1, 0.15) is 0 Å². The maximum Gasteiger partial charge on any atom is 0.224 e. The Morgan fingerprint density at radius 1 is 1.30 bits per heavy atom. The molecule has 1 aliphatic carbocycles. The lowest BCUT2D eigenvalue weighted by atomic mass is 10.1. The molecule has 3 rings (SSSR count). The molecule has 0 spiro atoms. The van der Waals surface area contributed by atoms with Gasteiger partial charge in [0.05, 0.1) is 6.20 Å². The van der Waals surface area contributed by atoms with Crippen LogP contribution >= 0.6 is 0 Å². The van der Waals surface area contributed by atoms with Crippen LogP contribution < -0.4 is 10.6 Å². The molecular weight excluding hydrogens is 255 g/mol. The third-order valence-electron chi connectivity index (χ3n) is 3.42. The van der Waals surface area contributed by atoms with E-state index in [9.17, 15) is 4.39 Å². The van der Waals surface area contributed by atoms with Crippen molar-refractivity contribution in [3.63, 3.8) is 0 Å². The van der Waals surface area contributed by atoms with Crippen molar-refractivity contribution < 1.29 is 4.39 Å². The van der Waals surface area contributed by atoms with E-state index in [-0.39, 0.29) is 11.9 Å². The van der Waals surface area contributed by atoms with Gasteiger partial charge in [-0.1, -0.05) is 30.3 Å². The first kappa shape index (κ1) is 12.8. The number of aromatic nitrogens is 2. The number of benzene rings is 1. The van der Waals surface area contributed by atoms with Crippen molar-refractivity contribution in [1.29, 1.82) is 0 Å². The smallest absolute Gasteiger partial charge is 0.224 e. The molecule has 1 fully saturated rings. The second-order valence-electron chi connectivity index (χ2n) is 4.92. The van der Waals surface area contributed by atoms with Gasteiger partial charge in [0.2, 0.25) is 5.95 Å². The maximum absolute atomic E-state index is 13.7. The van der Waals surface area contributed by atoms with Gasteiger partial charge in [0.25, 0.3) is 0 Å². The highest BCUT2D eigenvalue weighted by Crippen LogP contribution is 2.42. The van der Waals surface area contributed by atoms with Crippen LogP contribution in [0.2, 0.25) is 0 Å². The summed E-state index contributed by atoms with van der Waals surface area (Å²) in [6, 6.07) is 10.5. The Labute approximate surface area is 117 Å². The first-order valence-corrected chi connectivity index (χ1v) is 6.86. The van der Waals surface area contributed by atoms with E-state index in [1.807, 2.05) is 25.1 Å². The summed E-state index contributed by atoms with van der Waals surface area (Å²) in [6.45, 7) is 2.66. The molecule has 2 unspecified atom stereocenters. The molecular formula is C15H17FN4. The monoisotopic (exact) mass is 272 g/mol. The molecule has 5 heteroatoms. The van der Waals surface area contributed by atoms with E-state index in [0.717, 1.165) is 6.42 Å². The molecule has 1 saturated carbocycles. The van der Waals surface area contributed by atoms with E-state index in [1.54, 1.807) is 0 Å². The number of halogens is 1. The number of nitrogens with one attached hydrogen (secondary N) is 2. The van der Waals surface area contributed by atoms with Crippen molar-refractivity contribution in [3.05, 3.63) is 47.9 Å². The molecule has 0 amide bonds. The highest BCUT2D eigenvalue weighted by Gasteiger charge is 2.38. The Morgan fingerprint density at radius 2 is 2.10 bits per heavy atom. The summed E-state index contributed by atoms with van der Waals surface area (Å²) >= 11 is 0. The molecule has 0 saturated heterocycles. The van der Waals surface area contributed by atoms with E-state index in [0.29, 0.717) is 18.4 Å². The fourth-order valence-electron chi connectivity index (χ4n) is 2.31. The molecule has 20 heavy (non-hydrogen) atoms. The molecule has 2 N–H and O–H groups in total. The molecule has 0 aliphatic heterocycles. The summed E-state index contributed by atoms with van der Waals surface area (Å²) in [6.07, 6.45) is 2.21. The fraction of sp³-hybridized carbons (Fsp3) is 0.333. The van der Waals surface area contributed by atoms with Crippen LogP contribution in [0.25, 0.3) is 0 Å². The Kier molecular flexibility index (Phi) is 3.50. The topological polar surface area (TPSA) is 49.8 Å². The van der Waals surface area contributed by atoms with Crippen LogP contribution in [0.3, 0.4) is 0 Å². The summed E-state index contributed by atoms with van der Waals surface area (Å²) in [5.41, 5.74) is 1.28. The molecule has 2 atom stereocenters. The van der Waals surface area contributed by atoms with E-state index in [1.165, 1.54) is 11.8 Å². The third-order valence-corrected chi connectivity index (χ3v) is 3.42. The lowest BCUT2D eigenvalue weighted by Gasteiger charge is -2.08. The molecule has 0 radical (unpaired) electrons. The molecule has 1 aromatic carbocycles. The minimum absolute atomic E-state index is 0.247. The zero-order valence-electron chi connectivity index (χ0n) is 11.3. The summed E-state index contributed by atoms with van der Waals surface area (Å²) < 4.78 is 13.7. The van der Waals surface area contributed by atoms with Gasteiger partial charge in [0, 0.05) is 18.5 Å². The predicted octanol–water partition coefficient (Wildman–Crippen LogP) is 3.02. The SMILES string of the molecule is CCNc1ncc(F)c(NC2CC2c2ccccc2)n1. The minimum atomic E-state index is -0.412. The number of nitrogens with zero attached hydrogens (tertiary/aromatic N) is 2. The third kappa shape index (κ3) is 2.71. The summed E-state index contributed by atoms with van der Waals surface area (Å²) in [4.78, 5) is 8.06. The van der Waals surface area contributed by atoms with Gasteiger partial charge in [-0.2, -0.15) is 4.98 Å². The van der Waals surface area contributed by atoms with Gasteiger partial charge < -0.3 is 10.6 Å². The Morgan fingerprint density at radius 3 is 2.85 bits per heavy atom. The molecule has 1 heterocycles. The van der Waals surface area contributed by atoms with Crippen molar-refractivity contribution >= 4 is 11.8 Å². The Balaban J connectivity index is 1.69. The molecule has 4 nitrogen and oxygen atoms in total. The standard InChI is InChI=1S/C15H17FN4/c1-2-17-15-18-9-12(16)14(20-15)19-13-8-11(13)10-6-4-3-5-7-10/h3-7,9,11,13H,2,8H2,1H3,(H2,17,18,19,20). The van der Waals surface area contributed by atoms with E-state index in [4.69, 9.17) is 0 Å². The van der Waals surface area contributed by atoms with Crippen molar-refractivity contribution in [2.45, 2.75) is 25.3 Å². The summed E-state index contributed by atoms with van der Waals surface area (Å²) in [5, 5.41) is 6.15. The molecule has 1 aromatic heterocycles. The second-order valence-corrected chi connectivity index (χ2v) is 4.92. The Bertz CT molecular complexity index is 588. The normalized spacial score (nSPS) is 20.5. The van der Waals surface area contributed by atoms with Gasteiger partial charge >= 0.3 is 0 Å². The highest BCUT2D eigenvalue weighted by atomic mass is 19.1. The number of rotatable bonds is 5. The summed E-state index contributed by atoms with van der Waals surface area (Å²) in [5.74, 6) is 0.756. The van der Waals surface area contributed by atoms with E-state index >= 15 is 0 Å². The van der Waals surface area contributed by atoms with Gasteiger partial charge in [-0.05, 0) is 18.9 Å². The predicted molar refractivity (Wildman–Crippen MR) is 77.4 cm³/mol. The lowest BCUT2D eigenvalue weighted by molar-refractivity contribution is 0.617. The van der Waals surface area contributed by atoms with Crippen molar-refractivity contribution in [2.24, 2.45) is 0 Å². The van der Waals surface area contributed by atoms with Crippen molar-refractivity contribution in [2.75, 3.05) is 17.2 Å². The van der Waals surface area contributed by atoms with Gasteiger partial charge in [0.15, 0.2) is 11.6 Å². The largest absolute Gasteiger partial charge is 0.364 e. The van der Waals surface area contributed by atoms with E-state index < -0.39 is 5.82 Å². The zero-order valence-corrected chi connectivity index (χ0v) is 11.3. The van der Waals surface area contributed by atoms with Crippen LogP contribution in [-0.2, 0) is 0 Å². The first-order chi connectivity index (χ1) is 9.78. The molecule has 0 bridgehead atoms. The molecule has 104 valence electrons. The van der Waals surface area contributed by atoms with Crippen LogP contribution in [0, 0.1) is 5.82 Å². The zero-order chi connectivity index (χ0) is 13.9. The summed E-state index contributed by atoms with van der Waals surface area (Å²) in [7, 11) is 0. The van der Waals surface area contributed by atoms with Crippen LogP contribution in [0.4, 0.5) is 16.2 Å². The Hall–Kier alpha value is -2.17. The van der Waals surface area contributed by atoms with E-state index in [2.05, 4.69) is 32.7 Å². The lowest BCUT2D eigenvalue weighted by Crippen LogP contribution is -2.11. The molecule has 2 aromatic rings. The van der Waals surface area contributed by atoms with Gasteiger partial charge in [-0.25, -0.2) is 9.37 Å².